The minimum Gasteiger partial charge on any atom is -0.434 e. The van der Waals surface area contributed by atoms with E-state index in [4.69, 9.17) is 25.4 Å². The fourth-order valence-corrected chi connectivity index (χ4v) is 6.94. The molecule has 1 saturated heterocycles. The van der Waals surface area contributed by atoms with Crippen LogP contribution in [-0.4, -0.2) is 67.4 Å². The van der Waals surface area contributed by atoms with E-state index < -0.39 is 6.16 Å². The number of amides is 1. The molecule has 0 saturated carbocycles. The molecule has 2 aliphatic rings. The maximum atomic E-state index is 12.7. The summed E-state index contributed by atoms with van der Waals surface area (Å²) in [5.74, 6) is 0.988. The van der Waals surface area contributed by atoms with Crippen LogP contribution in [0.3, 0.4) is 0 Å². The molecule has 232 valence electrons. The molecule has 2 aliphatic heterocycles. The molecule has 3 heterocycles. The Morgan fingerprint density at radius 1 is 0.977 bits per heavy atom. The molecule has 0 unspecified atom stereocenters. The van der Waals surface area contributed by atoms with Crippen LogP contribution < -0.4 is 9.80 Å². The Bertz CT molecular complexity index is 1370. The number of hydrogen-bond donors (Lipinski definition) is 0. The number of unbranched alkanes of at least 4 members (excludes halogenated alkanes) is 7. The molecule has 0 radical (unpaired) electrons. The van der Waals surface area contributed by atoms with Crippen LogP contribution in [0.2, 0.25) is 5.02 Å². The third-order valence-electron chi connectivity index (χ3n) is 8.44. The Labute approximate surface area is 264 Å². The number of halogens is 1. The van der Waals surface area contributed by atoms with Crippen LogP contribution in [0.1, 0.15) is 69.4 Å². The molecule has 0 spiro atoms. The summed E-state index contributed by atoms with van der Waals surface area (Å²) in [5, 5.41) is 1.86. The van der Waals surface area contributed by atoms with Crippen LogP contribution in [0.25, 0.3) is 10.1 Å². The first-order valence-electron chi connectivity index (χ1n) is 15.8. The van der Waals surface area contributed by atoms with Crippen molar-refractivity contribution in [3.05, 3.63) is 52.5 Å². The Balaban J connectivity index is 1.03. The van der Waals surface area contributed by atoms with Gasteiger partial charge in [-0.1, -0.05) is 81.7 Å². The van der Waals surface area contributed by atoms with Gasteiger partial charge in [0, 0.05) is 43.1 Å². The van der Waals surface area contributed by atoms with Crippen molar-refractivity contribution in [2.75, 3.05) is 55.9 Å². The van der Waals surface area contributed by atoms with E-state index in [1.54, 1.807) is 11.5 Å². The SMILES string of the molecule is CCCCCCCCCCOC(=O)OCN1C(=O)Cc2cc(CCN3CCN(c4nsc5ccccc45)CC3)c(Cl)cc21. The van der Waals surface area contributed by atoms with Gasteiger partial charge in [-0.05, 0) is 53.7 Å². The van der Waals surface area contributed by atoms with E-state index in [2.05, 4.69) is 41.0 Å². The molecule has 1 fully saturated rings. The molecule has 8 nitrogen and oxygen atoms in total. The second-order valence-electron chi connectivity index (χ2n) is 11.5. The third kappa shape index (κ3) is 8.40. The number of rotatable bonds is 15. The first-order chi connectivity index (χ1) is 21.0. The van der Waals surface area contributed by atoms with Gasteiger partial charge in [0.25, 0.3) is 0 Å². The highest BCUT2D eigenvalue weighted by Gasteiger charge is 2.30. The average Bonchev–Trinajstić information content (AvgIpc) is 3.58. The summed E-state index contributed by atoms with van der Waals surface area (Å²) in [7, 11) is 0. The Kier molecular flexibility index (Phi) is 11.5. The van der Waals surface area contributed by atoms with Gasteiger partial charge in [-0.15, -0.1) is 0 Å². The van der Waals surface area contributed by atoms with Crippen molar-refractivity contribution in [3.8, 4) is 0 Å². The van der Waals surface area contributed by atoms with Gasteiger partial charge >= 0.3 is 6.16 Å². The number of aromatic nitrogens is 1. The molecular weight excluding hydrogens is 584 g/mol. The second kappa shape index (κ2) is 15.7. The fourth-order valence-electron chi connectivity index (χ4n) is 5.89. The summed E-state index contributed by atoms with van der Waals surface area (Å²) in [5.41, 5.74) is 2.66. The normalized spacial score (nSPS) is 15.3. The van der Waals surface area contributed by atoms with E-state index in [1.165, 1.54) is 47.1 Å². The van der Waals surface area contributed by atoms with Crippen LogP contribution in [0.4, 0.5) is 16.3 Å². The zero-order chi connectivity index (χ0) is 30.0. The third-order valence-corrected chi connectivity index (χ3v) is 9.61. The van der Waals surface area contributed by atoms with Crippen molar-refractivity contribution in [1.29, 1.82) is 0 Å². The Hall–Kier alpha value is -2.88. The number of fused-ring (bicyclic) bond motifs is 2. The fraction of sp³-hybridized carbons (Fsp3) is 0.545. The van der Waals surface area contributed by atoms with Crippen molar-refractivity contribution >= 4 is 56.8 Å². The topological polar surface area (TPSA) is 75.2 Å². The summed E-state index contributed by atoms with van der Waals surface area (Å²) in [4.78, 5) is 31.2. The zero-order valence-corrected chi connectivity index (χ0v) is 26.8. The number of hydrogen-bond acceptors (Lipinski definition) is 8. The molecule has 3 aromatic rings. The first-order valence-corrected chi connectivity index (χ1v) is 16.9. The molecule has 5 rings (SSSR count). The molecule has 1 amide bonds. The van der Waals surface area contributed by atoms with Gasteiger partial charge in [0.05, 0.1) is 23.4 Å². The molecule has 0 N–H and O–H groups in total. The number of benzene rings is 2. The molecule has 0 aliphatic carbocycles. The molecule has 2 aromatic carbocycles. The Morgan fingerprint density at radius 2 is 1.72 bits per heavy atom. The number of ether oxygens (including phenoxy) is 2. The highest BCUT2D eigenvalue weighted by molar-refractivity contribution is 7.13. The van der Waals surface area contributed by atoms with Crippen molar-refractivity contribution in [1.82, 2.24) is 9.27 Å². The van der Waals surface area contributed by atoms with E-state index in [-0.39, 0.29) is 19.1 Å². The van der Waals surface area contributed by atoms with Crippen LogP contribution in [0.15, 0.2) is 36.4 Å². The largest absolute Gasteiger partial charge is 0.510 e. The summed E-state index contributed by atoms with van der Waals surface area (Å²) in [6.07, 6.45) is 9.73. The van der Waals surface area contributed by atoms with Crippen molar-refractivity contribution in [2.45, 2.75) is 71.1 Å². The highest BCUT2D eigenvalue weighted by atomic mass is 35.5. The van der Waals surface area contributed by atoms with Crippen molar-refractivity contribution < 1.29 is 19.1 Å². The Morgan fingerprint density at radius 3 is 2.51 bits per heavy atom. The smallest absolute Gasteiger partial charge is 0.434 e. The summed E-state index contributed by atoms with van der Waals surface area (Å²) >= 11 is 8.25. The van der Waals surface area contributed by atoms with Gasteiger partial charge in [0.1, 0.15) is 5.82 Å². The number of carbonyl (C=O) groups is 2. The van der Waals surface area contributed by atoms with Crippen molar-refractivity contribution in [2.24, 2.45) is 0 Å². The molecule has 1 aromatic heterocycles. The summed E-state index contributed by atoms with van der Waals surface area (Å²) < 4.78 is 16.4. The predicted octanol–water partition coefficient (Wildman–Crippen LogP) is 7.45. The van der Waals surface area contributed by atoms with Gasteiger partial charge in [0.15, 0.2) is 6.73 Å². The highest BCUT2D eigenvalue weighted by Crippen LogP contribution is 2.34. The number of nitrogens with zero attached hydrogens (tertiary/aromatic N) is 4. The van der Waals surface area contributed by atoms with Crippen molar-refractivity contribution in [3.63, 3.8) is 0 Å². The van der Waals surface area contributed by atoms with Crippen LogP contribution in [-0.2, 0) is 27.1 Å². The number of carbonyl (C=O) groups excluding carboxylic acids is 2. The second-order valence-corrected chi connectivity index (χ2v) is 12.7. The maximum absolute atomic E-state index is 12.7. The molecule has 10 heteroatoms. The van der Waals surface area contributed by atoms with Gasteiger partial charge in [-0.25, -0.2) is 4.79 Å². The zero-order valence-electron chi connectivity index (χ0n) is 25.2. The minimum absolute atomic E-state index is 0.107. The lowest BCUT2D eigenvalue weighted by molar-refractivity contribution is -0.118. The molecular formula is C33H43ClN4O4S. The summed E-state index contributed by atoms with van der Waals surface area (Å²) in [6.45, 7) is 7.10. The molecule has 43 heavy (non-hydrogen) atoms. The van der Waals surface area contributed by atoms with Crippen LogP contribution >= 0.6 is 23.1 Å². The van der Waals surface area contributed by atoms with Gasteiger partial charge < -0.3 is 14.4 Å². The summed E-state index contributed by atoms with van der Waals surface area (Å²) in [6, 6.07) is 12.3. The van der Waals surface area contributed by atoms with E-state index in [0.717, 1.165) is 75.4 Å². The molecule has 0 atom stereocenters. The van der Waals surface area contributed by atoms with Gasteiger partial charge in [-0.3, -0.25) is 14.6 Å². The van der Waals surface area contributed by atoms with Gasteiger partial charge in [0.2, 0.25) is 5.91 Å². The number of anilines is 2. The average molecular weight is 627 g/mol. The van der Waals surface area contributed by atoms with Crippen LogP contribution in [0.5, 0.6) is 0 Å². The standard InChI is InChI=1S/C33H43ClN4O4S/c1-2-3-4-5-6-7-8-11-20-41-33(40)42-24-38-29-23-28(34)25(21-26(29)22-31(38)39)14-15-36-16-18-37(19-17-36)32-27-12-9-10-13-30(27)43-35-32/h9-10,12-13,21,23H,2-8,11,14-20,22,24H2,1H3. The molecule has 0 bridgehead atoms. The quantitative estimate of drug-likeness (QED) is 0.128. The van der Waals surface area contributed by atoms with E-state index in [0.29, 0.717) is 17.3 Å². The monoisotopic (exact) mass is 626 g/mol. The number of piperazine rings is 1. The van der Waals surface area contributed by atoms with Crippen LogP contribution in [0, 0.1) is 0 Å². The first kappa shape index (κ1) is 31.5. The van der Waals surface area contributed by atoms with E-state index >= 15 is 0 Å². The minimum atomic E-state index is -0.741. The van der Waals surface area contributed by atoms with Gasteiger partial charge in [-0.2, -0.15) is 4.37 Å². The lowest BCUT2D eigenvalue weighted by Gasteiger charge is -2.35. The lowest BCUT2D eigenvalue weighted by Crippen LogP contribution is -2.47. The predicted molar refractivity (Wildman–Crippen MR) is 175 cm³/mol. The van der Waals surface area contributed by atoms with E-state index in [9.17, 15) is 9.59 Å². The maximum Gasteiger partial charge on any atom is 0.510 e. The van der Waals surface area contributed by atoms with E-state index in [1.807, 2.05) is 12.1 Å². The lowest BCUT2D eigenvalue weighted by atomic mass is 10.1.